The van der Waals surface area contributed by atoms with Crippen LogP contribution in [0.3, 0.4) is 0 Å². The summed E-state index contributed by atoms with van der Waals surface area (Å²) < 4.78 is 0. The van der Waals surface area contributed by atoms with Gasteiger partial charge < -0.3 is 20.4 Å². The molecule has 4 nitrogen and oxygen atoms in total. The van der Waals surface area contributed by atoms with Gasteiger partial charge >= 0.3 is 0 Å². The third kappa shape index (κ3) is 2.77. The highest BCUT2D eigenvalue weighted by Gasteiger charge is 2.22. The molecule has 2 rings (SSSR count). The largest absolute Gasteiger partial charge is 0.504 e. The van der Waals surface area contributed by atoms with Gasteiger partial charge in [0, 0.05) is 22.3 Å². The van der Waals surface area contributed by atoms with Crippen LogP contribution in [0.2, 0.25) is 0 Å². The Morgan fingerprint density at radius 3 is 1.12 bits per heavy atom. The molecule has 0 bridgehead atoms. The summed E-state index contributed by atoms with van der Waals surface area (Å²) in [6, 6.07) is 3.69. The van der Waals surface area contributed by atoms with Gasteiger partial charge in [-0.2, -0.15) is 0 Å². The zero-order chi connectivity index (χ0) is 18.3. The van der Waals surface area contributed by atoms with E-state index in [4.69, 9.17) is 0 Å². The fraction of sp³-hybridized carbons (Fsp3) is 0.400. The van der Waals surface area contributed by atoms with Crippen molar-refractivity contribution in [2.45, 2.75) is 53.4 Å². The van der Waals surface area contributed by atoms with Crippen molar-refractivity contribution in [1.82, 2.24) is 0 Å². The maximum Gasteiger partial charge on any atom is 0.161 e. The summed E-state index contributed by atoms with van der Waals surface area (Å²) in [4.78, 5) is 0. The van der Waals surface area contributed by atoms with Crippen LogP contribution in [0.1, 0.15) is 61.8 Å². The molecule has 0 aliphatic rings. The molecule has 0 atom stereocenters. The van der Waals surface area contributed by atoms with E-state index >= 15 is 0 Å². The standard InChI is InChI=1S/C20H26O4/c1-9(2)13-7-15(11(5)17(21)19(13)23)16-8-14(10(3)4)20(24)18(22)12(16)6/h7-10,21-24H,1-6H3. The number of rotatable bonds is 3. The van der Waals surface area contributed by atoms with Crippen molar-refractivity contribution in [2.24, 2.45) is 0 Å². The van der Waals surface area contributed by atoms with Crippen molar-refractivity contribution in [1.29, 1.82) is 0 Å². The zero-order valence-corrected chi connectivity index (χ0v) is 15.1. The smallest absolute Gasteiger partial charge is 0.161 e. The van der Waals surface area contributed by atoms with E-state index < -0.39 is 0 Å². The SMILES string of the molecule is Cc1c(-c2cc(C(C)C)c(O)c(O)c2C)cc(C(C)C)c(O)c1O. The highest BCUT2D eigenvalue weighted by Crippen LogP contribution is 2.47. The molecule has 130 valence electrons. The third-order valence-corrected chi connectivity index (χ3v) is 4.65. The van der Waals surface area contributed by atoms with Crippen LogP contribution in [-0.4, -0.2) is 20.4 Å². The molecular formula is C20H26O4. The lowest BCUT2D eigenvalue weighted by Gasteiger charge is -2.20. The van der Waals surface area contributed by atoms with Crippen LogP contribution in [0.4, 0.5) is 0 Å². The van der Waals surface area contributed by atoms with Crippen LogP contribution in [-0.2, 0) is 0 Å². The minimum atomic E-state index is -0.144. The molecule has 4 heteroatoms. The Labute approximate surface area is 143 Å². The molecule has 0 fully saturated rings. The predicted octanol–water partition coefficient (Wildman–Crippen LogP) is 5.04. The lowest BCUT2D eigenvalue weighted by molar-refractivity contribution is 0.394. The van der Waals surface area contributed by atoms with Crippen molar-refractivity contribution < 1.29 is 20.4 Å². The Hall–Kier alpha value is -2.36. The van der Waals surface area contributed by atoms with Gasteiger partial charge in [-0.3, -0.25) is 0 Å². The Kier molecular flexibility index (Phi) is 4.70. The molecule has 0 radical (unpaired) electrons. The Morgan fingerprint density at radius 1 is 0.583 bits per heavy atom. The van der Waals surface area contributed by atoms with Crippen LogP contribution < -0.4 is 0 Å². The molecule has 0 amide bonds. The van der Waals surface area contributed by atoms with Crippen molar-refractivity contribution in [3.05, 3.63) is 34.4 Å². The second kappa shape index (κ2) is 6.27. The molecule has 0 aliphatic carbocycles. The number of aromatic hydroxyl groups is 4. The highest BCUT2D eigenvalue weighted by atomic mass is 16.3. The number of hydrogen-bond donors (Lipinski definition) is 4. The quantitative estimate of drug-likeness (QED) is 0.594. The van der Waals surface area contributed by atoms with E-state index in [0.717, 1.165) is 11.1 Å². The number of phenols is 4. The fourth-order valence-corrected chi connectivity index (χ4v) is 2.99. The van der Waals surface area contributed by atoms with Crippen LogP contribution in [0, 0.1) is 13.8 Å². The first-order valence-electron chi connectivity index (χ1n) is 8.19. The van der Waals surface area contributed by atoms with E-state index in [1.165, 1.54) is 0 Å². The predicted molar refractivity (Wildman–Crippen MR) is 96.2 cm³/mol. The van der Waals surface area contributed by atoms with Crippen LogP contribution in [0.15, 0.2) is 12.1 Å². The van der Waals surface area contributed by atoms with E-state index in [1.54, 1.807) is 13.8 Å². The monoisotopic (exact) mass is 330 g/mol. The van der Waals surface area contributed by atoms with E-state index in [1.807, 2.05) is 39.8 Å². The molecule has 0 spiro atoms. The fourth-order valence-electron chi connectivity index (χ4n) is 2.99. The second-order valence-electron chi connectivity index (χ2n) is 6.98. The Morgan fingerprint density at radius 2 is 0.875 bits per heavy atom. The van der Waals surface area contributed by atoms with Crippen molar-refractivity contribution in [3.63, 3.8) is 0 Å². The molecule has 2 aromatic carbocycles. The first-order valence-corrected chi connectivity index (χ1v) is 8.19. The summed E-state index contributed by atoms with van der Waals surface area (Å²) in [5.74, 6) is -0.424. The summed E-state index contributed by atoms with van der Waals surface area (Å²) >= 11 is 0. The van der Waals surface area contributed by atoms with E-state index in [9.17, 15) is 20.4 Å². The van der Waals surface area contributed by atoms with Crippen LogP contribution in [0.25, 0.3) is 11.1 Å². The van der Waals surface area contributed by atoms with Crippen molar-refractivity contribution in [2.75, 3.05) is 0 Å². The van der Waals surface area contributed by atoms with Crippen molar-refractivity contribution in [3.8, 4) is 34.1 Å². The van der Waals surface area contributed by atoms with Gasteiger partial charge in [0.05, 0.1) is 0 Å². The van der Waals surface area contributed by atoms with Crippen molar-refractivity contribution >= 4 is 0 Å². The Bertz CT molecular complexity index is 722. The first kappa shape index (κ1) is 18.0. The first-order chi connectivity index (χ1) is 11.1. The van der Waals surface area contributed by atoms with E-state index in [2.05, 4.69) is 0 Å². The molecule has 0 saturated heterocycles. The van der Waals surface area contributed by atoms with Gasteiger partial charge in [0.25, 0.3) is 0 Å². The minimum absolute atomic E-state index is 0.0332. The van der Waals surface area contributed by atoms with Gasteiger partial charge in [-0.25, -0.2) is 0 Å². The normalized spacial score (nSPS) is 11.5. The van der Waals surface area contributed by atoms with Gasteiger partial charge in [-0.15, -0.1) is 0 Å². The molecule has 0 unspecified atom stereocenters. The summed E-state index contributed by atoms with van der Waals surface area (Å²) in [6.45, 7) is 11.2. The van der Waals surface area contributed by atoms with Gasteiger partial charge in [0.2, 0.25) is 0 Å². The average Bonchev–Trinajstić information content (AvgIpc) is 2.51. The molecular weight excluding hydrogens is 304 g/mol. The molecule has 0 saturated carbocycles. The van der Waals surface area contributed by atoms with Crippen LogP contribution in [0.5, 0.6) is 23.0 Å². The molecule has 0 aliphatic heterocycles. The number of benzene rings is 2. The summed E-state index contributed by atoms with van der Waals surface area (Å²) in [5.41, 5.74) is 3.85. The number of hydrogen-bond acceptors (Lipinski definition) is 4. The molecule has 0 heterocycles. The second-order valence-corrected chi connectivity index (χ2v) is 6.98. The molecule has 24 heavy (non-hydrogen) atoms. The molecule has 0 aromatic heterocycles. The summed E-state index contributed by atoms with van der Waals surface area (Å²) in [6.07, 6.45) is 0. The maximum atomic E-state index is 10.3. The highest BCUT2D eigenvalue weighted by molar-refractivity contribution is 5.79. The van der Waals surface area contributed by atoms with Gasteiger partial charge in [0.1, 0.15) is 0 Å². The third-order valence-electron chi connectivity index (χ3n) is 4.65. The summed E-state index contributed by atoms with van der Waals surface area (Å²) in [5, 5.41) is 41.0. The summed E-state index contributed by atoms with van der Waals surface area (Å²) in [7, 11) is 0. The lowest BCUT2D eigenvalue weighted by Crippen LogP contribution is -1.98. The van der Waals surface area contributed by atoms with E-state index in [0.29, 0.717) is 22.3 Å². The van der Waals surface area contributed by atoms with E-state index in [-0.39, 0.29) is 34.8 Å². The minimum Gasteiger partial charge on any atom is -0.504 e. The lowest BCUT2D eigenvalue weighted by atomic mass is 9.87. The zero-order valence-electron chi connectivity index (χ0n) is 15.1. The molecule has 2 aromatic rings. The van der Waals surface area contributed by atoms with Crippen LogP contribution >= 0.6 is 0 Å². The maximum absolute atomic E-state index is 10.3. The van der Waals surface area contributed by atoms with Gasteiger partial charge in [-0.05, 0) is 48.9 Å². The van der Waals surface area contributed by atoms with Gasteiger partial charge in [-0.1, -0.05) is 27.7 Å². The Balaban J connectivity index is 2.87. The average molecular weight is 330 g/mol. The molecule has 4 N–H and O–H groups in total. The topological polar surface area (TPSA) is 80.9 Å². The number of phenolic OH excluding ortho intramolecular Hbond substituents is 4. The van der Waals surface area contributed by atoms with Gasteiger partial charge in [0.15, 0.2) is 23.0 Å².